The van der Waals surface area contributed by atoms with E-state index in [2.05, 4.69) is 6.07 Å². The Kier molecular flexibility index (Phi) is 4.51. The Morgan fingerprint density at radius 1 is 1.03 bits per heavy atom. The molecule has 0 bridgehead atoms. The second kappa shape index (κ2) is 6.96. The van der Waals surface area contributed by atoms with Crippen LogP contribution in [0.25, 0.3) is 0 Å². The van der Waals surface area contributed by atoms with Crippen molar-refractivity contribution in [3.8, 4) is 0 Å². The predicted octanol–water partition coefficient (Wildman–Crippen LogP) is 3.51. The van der Waals surface area contributed by atoms with Gasteiger partial charge in [0.1, 0.15) is 0 Å². The molecule has 1 fully saturated rings. The Labute approximate surface area is 172 Å². The molecular formula is C23H26N2O3S. The molecule has 2 aromatic carbocycles. The largest absolute Gasteiger partial charge is 0.309 e. The van der Waals surface area contributed by atoms with Gasteiger partial charge in [0, 0.05) is 30.7 Å². The van der Waals surface area contributed by atoms with Crippen LogP contribution < -0.4 is 4.90 Å². The van der Waals surface area contributed by atoms with Gasteiger partial charge in [-0.1, -0.05) is 30.7 Å². The highest BCUT2D eigenvalue weighted by Crippen LogP contribution is 2.38. The number of hydrogen-bond donors (Lipinski definition) is 0. The third-order valence-electron chi connectivity index (χ3n) is 6.69. The summed E-state index contributed by atoms with van der Waals surface area (Å²) in [6.45, 7) is 2.96. The van der Waals surface area contributed by atoms with Gasteiger partial charge in [-0.3, -0.25) is 4.79 Å². The maximum absolute atomic E-state index is 13.3. The van der Waals surface area contributed by atoms with Crippen molar-refractivity contribution in [3.05, 3.63) is 59.2 Å². The lowest BCUT2D eigenvalue weighted by Crippen LogP contribution is -2.42. The molecule has 152 valence electrons. The number of nitrogens with zero attached hydrogens (tertiary/aromatic N) is 2. The zero-order valence-electron chi connectivity index (χ0n) is 16.7. The summed E-state index contributed by atoms with van der Waals surface area (Å²) in [5, 5.41) is 0. The van der Waals surface area contributed by atoms with E-state index in [1.807, 2.05) is 36.1 Å². The van der Waals surface area contributed by atoms with E-state index in [0.717, 1.165) is 42.5 Å². The number of carbonyl (C=O) groups is 1. The number of hydrogen-bond acceptors (Lipinski definition) is 3. The summed E-state index contributed by atoms with van der Waals surface area (Å²) in [7, 11) is -3.56. The van der Waals surface area contributed by atoms with E-state index in [4.69, 9.17) is 0 Å². The van der Waals surface area contributed by atoms with Gasteiger partial charge in [0.25, 0.3) is 0 Å². The summed E-state index contributed by atoms with van der Waals surface area (Å²) in [5.74, 6) is 0.339. The molecule has 0 spiro atoms. The fraction of sp³-hybridized carbons (Fsp3) is 0.435. The topological polar surface area (TPSA) is 57.7 Å². The van der Waals surface area contributed by atoms with Crippen LogP contribution in [0.5, 0.6) is 0 Å². The highest BCUT2D eigenvalue weighted by Gasteiger charge is 2.38. The summed E-state index contributed by atoms with van der Waals surface area (Å²) >= 11 is 0. The number of anilines is 1. The van der Waals surface area contributed by atoms with Crippen molar-refractivity contribution < 1.29 is 13.2 Å². The minimum absolute atomic E-state index is 0.0814. The fourth-order valence-electron chi connectivity index (χ4n) is 4.78. The summed E-state index contributed by atoms with van der Waals surface area (Å²) in [5.41, 5.74) is 4.15. The molecule has 0 unspecified atom stereocenters. The highest BCUT2D eigenvalue weighted by molar-refractivity contribution is 7.89. The lowest BCUT2D eigenvalue weighted by atomic mass is 9.84. The number of rotatable bonds is 3. The van der Waals surface area contributed by atoms with Crippen LogP contribution in [-0.4, -0.2) is 31.2 Å². The Balaban J connectivity index is 1.43. The standard InChI is InChI=1S/C23H26N2O3S/c1-16-13-20-14-21(9-10-22(20)25(16)23(26)18-7-4-8-18)29(27,28)24-12-11-17-5-2-3-6-19(17)15-24/h2-3,5-6,9-10,14,16,18H,4,7-8,11-13,15H2,1H3/t16-/m1/s1. The van der Waals surface area contributed by atoms with Gasteiger partial charge < -0.3 is 4.90 Å². The van der Waals surface area contributed by atoms with Crippen LogP contribution in [0.3, 0.4) is 0 Å². The average Bonchev–Trinajstić information content (AvgIpc) is 3.01. The highest BCUT2D eigenvalue weighted by atomic mass is 32.2. The summed E-state index contributed by atoms with van der Waals surface area (Å²) in [4.78, 5) is 15.1. The molecule has 2 aliphatic heterocycles. The van der Waals surface area contributed by atoms with Gasteiger partial charge in [-0.2, -0.15) is 4.31 Å². The minimum atomic E-state index is -3.56. The lowest BCUT2D eigenvalue weighted by Gasteiger charge is -2.32. The summed E-state index contributed by atoms with van der Waals surface area (Å²) in [6.07, 6.45) is 4.52. The molecule has 0 saturated heterocycles. The molecule has 1 atom stereocenters. The first-order chi connectivity index (χ1) is 13.9. The third-order valence-corrected chi connectivity index (χ3v) is 8.53. The quantitative estimate of drug-likeness (QED) is 0.778. The van der Waals surface area contributed by atoms with Crippen molar-refractivity contribution in [2.75, 3.05) is 11.4 Å². The normalized spacial score (nSPS) is 22.1. The minimum Gasteiger partial charge on any atom is -0.309 e. The second-order valence-electron chi connectivity index (χ2n) is 8.54. The monoisotopic (exact) mass is 410 g/mol. The first-order valence-electron chi connectivity index (χ1n) is 10.5. The van der Waals surface area contributed by atoms with Crippen LogP contribution in [-0.2, 0) is 34.2 Å². The Bertz CT molecular complexity index is 1080. The van der Waals surface area contributed by atoms with Crippen LogP contribution in [0.1, 0.15) is 42.9 Å². The van der Waals surface area contributed by atoms with Crippen molar-refractivity contribution in [1.29, 1.82) is 0 Å². The van der Waals surface area contributed by atoms with E-state index in [1.165, 1.54) is 5.56 Å². The first kappa shape index (κ1) is 18.8. The van der Waals surface area contributed by atoms with Crippen molar-refractivity contribution in [2.45, 2.75) is 56.5 Å². The van der Waals surface area contributed by atoms with Crippen molar-refractivity contribution in [3.63, 3.8) is 0 Å². The van der Waals surface area contributed by atoms with E-state index in [0.29, 0.717) is 24.4 Å². The lowest BCUT2D eigenvalue weighted by molar-refractivity contribution is -0.125. The zero-order valence-corrected chi connectivity index (χ0v) is 17.5. The van der Waals surface area contributed by atoms with E-state index >= 15 is 0 Å². The smallest absolute Gasteiger partial charge is 0.243 e. The molecule has 2 heterocycles. The molecule has 6 heteroatoms. The van der Waals surface area contributed by atoms with Gasteiger partial charge in [-0.15, -0.1) is 0 Å². The van der Waals surface area contributed by atoms with Gasteiger partial charge in [-0.25, -0.2) is 8.42 Å². The van der Waals surface area contributed by atoms with Gasteiger partial charge in [0.15, 0.2) is 0 Å². The van der Waals surface area contributed by atoms with Crippen LogP contribution in [0.2, 0.25) is 0 Å². The molecule has 1 saturated carbocycles. The maximum atomic E-state index is 13.3. The Hall–Kier alpha value is -2.18. The molecule has 0 N–H and O–H groups in total. The molecule has 1 amide bonds. The maximum Gasteiger partial charge on any atom is 0.243 e. The fourth-order valence-corrected chi connectivity index (χ4v) is 6.25. The molecule has 29 heavy (non-hydrogen) atoms. The number of carbonyl (C=O) groups excluding carboxylic acids is 1. The van der Waals surface area contributed by atoms with Crippen LogP contribution in [0.15, 0.2) is 47.4 Å². The number of fused-ring (bicyclic) bond motifs is 2. The summed E-state index contributed by atoms with van der Waals surface area (Å²) < 4.78 is 28.2. The van der Waals surface area contributed by atoms with Gasteiger partial charge >= 0.3 is 0 Å². The summed E-state index contributed by atoms with van der Waals surface area (Å²) in [6, 6.07) is 13.4. The Morgan fingerprint density at radius 3 is 2.52 bits per heavy atom. The third kappa shape index (κ3) is 3.09. The SMILES string of the molecule is C[C@@H]1Cc2cc(S(=O)(=O)N3CCc4ccccc4C3)ccc2N1C(=O)C1CCC1. The molecule has 5 rings (SSSR count). The predicted molar refractivity (Wildman–Crippen MR) is 112 cm³/mol. The van der Waals surface area contributed by atoms with E-state index in [1.54, 1.807) is 16.4 Å². The number of benzene rings is 2. The molecular weight excluding hydrogens is 384 g/mol. The number of amides is 1. The first-order valence-corrected chi connectivity index (χ1v) is 11.9. The van der Waals surface area contributed by atoms with Crippen LogP contribution in [0.4, 0.5) is 5.69 Å². The van der Waals surface area contributed by atoms with Crippen molar-refractivity contribution in [2.24, 2.45) is 5.92 Å². The van der Waals surface area contributed by atoms with Gasteiger partial charge in [0.2, 0.25) is 15.9 Å². The average molecular weight is 411 g/mol. The van der Waals surface area contributed by atoms with Crippen molar-refractivity contribution >= 4 is 21.6 Å². The van der Waals surface area contributed by atoms with E-state index in [-0.39, 0.29) is 17.9 Å². The zero-order chi connectivity index (χ0) is 20.2. The Morgan fingerprint density at radius 2 is 1.79 bits per heavy atom. The van der Waals surface area contributed by atoms with Crippen molar-refractivity contribution in [1.82, 2.24) is 4.31 Å². The second-order valence-corrected chi connectivity index (χ2v) is 10.5. The van der Waals surface area contributed by atoms with Crippen LogP contribution in [0, 0.1) is 5.92 Å². The van der Waals surface area contributed by atoms with Gasteiger partial charge in [-0.05, 0) is 67.5 Å². The van der Waals surface area contributed by atoms with E-state index < -0.39 is 10.0 Å². The molecule has 3 aliphatic rings. The molecule has 0 radical (unpaired) electrons. The number of sulfonamides is 1. The van der Waals surface area contributed by atoms with Gasteiger partial charge in [0.05, 0.1) is 4.90 Å². The molecule has 0 aromatic heterocycles. The molecule has 2 aromatic rings. The van der Waals surface area contributed by atoms with Crippen LogP contribution >= 0.6 is 0 Å². The molecule has 5 nitrogen and oxygen atoms in total. The molecule has 1 aliphatic carbocycles. The van der Waals surface area contributed by atoms with E-state index in [9.17, 15) is 13.2 Å².